The molecule has 0 saturated carbocycles. The summed E-state index contributed by atoms with van der Waals surface area (Å²) in [5.41, 5.74) is 6.30. The number of rotatable bonds is 2. The number of hydrogen-bond acceptors (Lipinski definition) is 4. The lowest BCUT2D eigenvalue weighted by Crippen LogP contribution is -2.13. The van der Waals surface area contributed by atoms with E-state index in [0.717, 1.165) is 0 Å². The predicted octanol–water partition coefficient (Wildman–Crippen LogP) is -0.129. The van der Waals surface area contributed by atoms with Crippen LogP contribution in [0.25, 0.3) is 5.65 Å². The molecular weight excluding hydrogens is 168 g/mol. The van der Waals surface area contributed by atoms with Gasteiger partial charge in [-0.1, -0.05) is 0 Å². The minimum absolute atomic E-state index is 0.0166. The van der Waals surface area contributed by atoms with Crippen LogP contribution in [0.4, 0.5) is 0 Å². The van der Waals surface area contributed by atoms with Gasteiger partial charge in [0.2, 0.25) is 0 Å². The molecule has 0 aliphatic carbocycles. The summed E-state index contributed by atoms with van der Waals surface area (Å²) < 4.78 is 1.68. The molecule has 2 rings (SSSR count). The zero-order valence-electron chi connectivity index (χ0n) is 6.84. The second kappa shape index (κ2) is 2.95. The molecule has 0 spiro atoms. The number of carbonyl (C=O) groups is 1. The third-order valence-electron chi connectivity index (χ3n) is 1.73. The number of fused-ring (bicyclic) bond motifs is 1. The fourth-order valence-corrected chi connectivity index (χ4v) is 1.08. The molecule has 0 aromatic carbocycles. The Labute approximate surface area is 74.2 Å². The number of carbonyl (C=O) groups excluding carboxylic acids is 1. The minimum atomic E-state index is -0.163. The molecule has 13 heavy (non-hydrogen) atoms. The first kappa shape index (κ1) is 7.88. The maximum Gasteiger partial charge on any atom is 0.196 e. The summed E-state index contributed by atoms with van der Waals surface area (Å²) in [6.45, 7) is -0.0166. The fourth-order valence-electron chi connectivity index (χ4n) is 1.08. The van der Waals surface area contributed by atoms with Crippen LogP contribution >= 0.6 is 0 Å². The Bertz CT molecular complexity index is 415. The molecule has 2 N–H and O–H groups in total. The van der Waals surface area contributed by atoms with Crippen molar-refractivity contribution in [2.75, 3.05) is 6.54 Å². The first-order valence-corrected chi connectivity index (χ1v) is 3.83. The predicted molar refractivity (Wildman–Crippen MR) is 46.4 cm³/mol. The van der Waals surface area contributed by atoms with E-state index in [1.807, 2.05) is 0 Å². The summed E-state index contributed by atoms with van der Waals surface area (Å²) in [4.78, 5) is 19.1. The number of hydrogen-bond donors (Lipinski definition) is 1. The van der Waals surface area contributed by atoms with Gasteiger partial charge < -0.3 is 5.73 Å². The van der Waals surface area contributed by atoms with Crippen LogP contribution in [0.15, 0.2) is 24.8 Å². The van der Waals surface area contributed by atoms with Gasteiger partial charge in [-0.2, -0.15) is 0 Å². The van der Waals surface area contributed by atoms with Crippen LogP contribution in [0.5, 0.6) is 0 Å². The van der Waals surface area contributed by atoms with E-state index in [-0.39, 0.29) is 12.3 Å². The fraction of sp³-hybridized carbons (Fsp3) is 0.125. The molecule has 2 heterocycles. The van der Waals surface area contributed by atoms with Gasteiger partial charge in [0, 0.05) is 12.4 Å². The zero-order chi connectivity index (χ0) is 9.26. The van der Waals surface area contributed by atoms with E-state index in [1.165, 1.54) is 0 Å². The summed E-state index contributed by atoms with van der Waals surface area (Å²) in [5, 5.41) is 0. The van der Waals surface area contributed by atoms with Gasteiger partial charge in [-0.05, 0) is 6.07 Å². The Hall–Kier alpha value is -1.75. The molecule has 0 aliphatic heterocycles. The number of imidazole rings is 1. The second-order valence-corrected chi connectivity index (χ2v) is 2.60. The highest BCUT2D eigenvalue weighted by Gasteiger charge is 2.07. The SMILES string of the molecule is NCC(=O)c1cn2cnccc2n1. The third kappa shape index (κ3) is 1.29. The largest absolute Gasteiger partial charge is 0.324 e. The van der Waals surface area contributed by atoms with Crippen molar-refractivity contribution in [3.8, 4) is 0 Å². The zero-order valence-corrected chi connectivity index (χ0v) is 6.84. The molecule has 2 aromatic rings. The summed E-state index contributed by atoms with van der Waals surface area (Å²) in [6, 6.07) is 1.73. The minimum Gasteiger partial charge on any atom is -0.324 e. The smallest absolute Gasteiger partial charge is 0.196 e. The van der Waals surface area contributed by atoms with Crippen molar-refractivity contribution < 1.29 is 4.79 Å². The van der Waals surface area contributed by atoms with E-state index in [4.69, 9.17) is 5.73 Å². The summed E-state index contributed by atoms with van der Waals surface area (Å²) in [7, 11) is 0. The lowest BCUT2D eigenvalue weighted by Gasteiger charge is -1.86. The highest BCUT2D eigenvalue weighted by atomic mass is 16.1. The van der Waals surface area contributed by atoms with Gasteiger partial charge >= 0.3 is 0 Å². The van der Waals surface area contributed by atoms with Gasteiger partial charge in [0.15, 0.2) is 5.78 Å². The van der Waals surface area contributed by atoms with E-state index < -0.39 is 0 Å². The summed E-state index contributed by atoms with van der Waals surface area (Å²) in [5.74, 6) is -0.163. The van der Waals surface area contributed by atoms with Gasteiger partial charge in [0.1, 0.15) is 17.7 Å². The maximum atomic E-state index is 11.2. The van der Waals surface area contributed by atoms with Crippen molar-refractivity contribution in [2.24, 2.45) is 5.73 Å². The quantitative estimate of drug-likeness (QED) is 0.647. The van der Waals surface area contributed by atoms with Crippen molar-refractivity contribution in [3.63, 3.8) is 0 Å². The van der Waals surface area contributed by atoms with Crippen LogP contribution < -0.4 is 5.73 Å². The molecule has 0 unspecified atom stereocenters. The Morgan fingerprint density at radius 2 is 2.46 bits per heavy atom. The summed E-state index contributed by atoms with van der Waals surface area (Å²) in [6.07, 6.45) is 4.84. The topological polar surface area (TPSA) is 73.3 Å². The Morgan fingerprint density at radius 1 is 1.62 bits per heavy atom. The van der Waals surface area contributed by atoms with Gasteiger partial charge in [-0.25, -0.2) is 9.97 Å². The number of Topliss-reactive ketones (excluding diaryl/α,β-unsaturated/α-hetero) is 1. The van der Waals surface area contributed by atoms with Crippen LogP contribution in [0.2, 0.25) is 0 Å². The number of aromatic nitrogens is 3. The second-order valence-electron chi connectivity index (χ2n) is 2.60. The monoisotopic (exact) mass is 176 g/mol. The molecular formula is C8H8N4O. The van der Waals surface area contributed by atoms with Gasteiger partial charge in [0.25, 0.3) is 0 Å². The standard InChI is InChI=1S/C8H8N4O/c9-3-7(13)6-4-12-5-10-2-1-8(12)11-6/h1-2,4-5H,3,9H2. The molecule has 0 radical (unpaired) electrons. The van der Waals surface area contributed by atoms with Crippen LogP contribution in [-0.2, 0) is 0 Å². The first-order valence-electron chi connectivity index (χ1n) is 3.83. The highest BCUT2D eigenvalue weighted by molar-refractivity contribution is 5.96. The van der Waals surface area contributed by atoms with Crippen molar-refractivity contribution in [3.05, 3.63) is 30.5 Å². The molecule has 0 amide bonds. The van der Waals surface area contributed by atoms with Gasteiger partial charge in [0.05, 0.1) is 6.54 Å². The number of nitrogens with zero attached hydrogens (tertiary/aromatic N) is 3. The lowest BCUT2D eigenvalue weighted by molar-refractivity contribution is 0.0997. The maximum absolute atomic E-state index is 11.2. The molecule has 0 saturated heterocycles. The van der Waals surface area contributed by atoms with Crippen molar-refractivity contribution in [2.45, 2.75) is 0 Å². The van der Waals surface area contributed by atoms with E-state index in [0.29, 0.717) is 11.3 Å². The van der Waals surface area contributed by atoms with E-state index in [9.17, 15) is 4.79 Å². The van der Waals surface area contributed by atoms with E-state index in [2.05, 4.69) is 9.97 Å². The number of nitrogens with two attached hydrogens (primary N) is 1. The normalized spacial score (nSPS) is 10.5. The molecule has 0 aliphatic rings. The van der Waals surface area contributed by atoms with Crippen molar-refractivity contribution >= 4 is 11.4 Å². The third-order valence-corrected chi connectivity index (χ3v) is 1.73. The van der Waals surface area contributed by atoms with Crippen molar-refractivity contribution in [1.29, 1.82) is 0 Å². The van der Waals surface area contributed by atoms with Crippen LogP contribution in [-0.4, -0.2) is 26.7 Å². The number of ketones is 1. The first-order chi connectivity index (χ1) is 6.31. The van der Waals surface area contributed by atoms with Crippen LogP contribution in [0, 0.1) is 0 Å². The van der Waals surface area contributed by atoms with E-state index in [1.54, 1.807) is 29.2 Å². The molecule has 66 valence electrons. The van der Waals surface area contributed by atoms with E-state index >= 15 is 0 Å². The Kier molecular flexibility index (Phi) is 1.79. The molecule has 0 atom stereocenters. The molecule has 5 nitrogen and oxygen atoms in total. The average molecular weight is 176 g/mol. The Morgan fingerprint density at radius 3 is 3.15 bits per heavy atom. The molecule has 0 fully saturated rings. The van der Waals surface area contributed by atoms with Crippen LogP contribution in [0.1, 0.15) is 10.5 Å². The highest BCUT2D eigenvalue weighted by Crippen LogP contribution is 2.02. The summed E-state index contributed by atoms with van der Waals surface area (Å²) >= 11 is 0. The lowest BCUT2D eigenvalue weighted by atomic mass is 10.3. The molecule has 2 aromatic heterocycles. The van der Waals surface area contributed by atoms with Gasteiger partial charge in [-0.3, -0.25) is 9.20 Å². The average Bonchev–Trinajstić information content (AvgIpc) is 2.59. The molecule has 0 bridgehead atoms. The van der Waals surface area contributed by atoms with Crippen molar-refractivity contribution in [1.82, 2.24) is 14.4 Å². The Balaban J connectivity index is 2.56. The van der Waals surface area contributed by atoms with Crippen LogP contribution in [0.3, 0.4) is 0 Å². The van der Waals surface area contributed by atoms with Gasteiger partial charge in [-0.15, -0.1) is 0 Å². The molecule has 5 heteroatoms.